The minimum absolute atomic E-state index is 0.152. The lowest BCUT2D eigenvalue weighted by atomic mass is 10.1. The van der Waals surface area contributed by atoms with Crippen molar-refractivity contribution in [1.29, 1.82) is 0 Å². The average Bonchev–Trinajstić information content (AvgIpc) is 2.84. The average molecular weight is 457 g/mol. The SMILES string of the molecule is CC1CN(CCCN2CCCCC2)C(=O)CCN1C(=S)Nc1ccc(Cl)c(Cl)c1. The van der Waals surface area contributed by atoms with Gasteiger partial charge in [-0.05, 0) is 76.2 Å². The zero-order chi connectivity index (χ0) is 20.8. The van der Waals surface area contributed by atoms with Crippen molar-refractivity contribution in [2.45, 2.75) is 45.1 Å². The molecule has 2 saturated heterocycles. The molecule has 0 radical (unpaired) electrons. The van der Waals surface area contributed by atoms with Crippen LogP contribution in [0.25, 0.3) is 0 Å². The third-order valence-electron chi connectivity index (χ3n) is 5.72. The van der Waals surface area contributed by atoms with E-state index in [1.807, 2.05) is 11.0 Å². The van der Waals surface area contributed by atoms with Crippen molar-refractivity contribution in [3.8, 4) is 0 Å². The molecule has 1 unspecified atom stereocenters. The molecule has 2 fully saturated rings. The van der Waals surface area contributed by atoms with Gasteiger partial charge in [0.2, 0.25) is 5.91 Å². The zero-order valence-electron chi connectivity index (χ0n) is 17.0. The maximum atomic E-state index is 12.6. The maximum Gasteiger partial charge on any atom is 0.224 e. The number of hydrogen-bond donors (Lipinski definition) is 1. The summed E-state index contributed by atoms with van der Waals surface area (Å²) in [6.07, 6.45) is 5.47. The van der Waals surface area contributed by atoms with E-state index in [4.69, 9.17) is 35.4 Å². The van der Waals surface area contributed by atoms with E-state index in [-0.39, 0.29) is 11.9 Å². The van der Waals surface area contributed by atoms with Gasteiger partial charge in [-0.15, -0.1) is 0 Å². The normalized spacial score (nSPS) is 21.2. The summed E-state index contributed by atoms with van der Waals surface area (Å²) in [5.74, 6) is 0.218. The molecule has 1 N–H and O–H groups in total. The van der Waals surface area contributed by atoms with Gasteiger partial charge in [0, 0.05) is 37.8 Å². The van der Waals surface area contributed by atoms with Crippen molar-refractivity contribution in [3.05, 3.63) is 28.2 Å². The monoisotopic (exact) mass is 456 g/mol. The Morgan fingerprint density at radius 3 is 2.62 bits per heavy atom. The van der Waals surface area contributed by atoms with Crippen molar-refractivity contribution >= 4 is 52.1 Å². The quantitative estimate of drug-likeness (QED) is 0.660. The molecule has 1 amide bonds. The molecule has 0 spiro atoms. The van der Waals surface area contributed by atoms with Gasteiger partial charge in [-0.2, -0.15) is 0 Å². The smallest absolute Gasteiger partial charge is 0.224 e. The molecule has 0 aromatic heterocycles. The van der Waals surface area contributed by atoms with Gasteiger partial charge in [0.15, 0.2) is 5.11 Å². The number of likely N-dealkylation sites (tertiary alicyclic amines) is 1. The first-order valence-corrected chi connectivity index (χ1v) is 11.6. The zero-order valence-corrected chi connectivity index (χ0v) is 19.3. The molecule has 1 atom stereocenters. The topological polar surface area (TPSA) is 38.8 Å². The first kappa shape index (κ1) is 22.6. The molecular formula is C21H30Cl2N4OS. The van der Waals surface area contributed by atoms with Crippen molar-refractivity contribution in [3.63, 3.8) is 0 Å². The van der Waals surface area contributed by atoms with Gasteiger partial charge < -0.3 is 20.0 Å². The number of piperidine rings is 1. The first-order valence-electron chi connectivity index (χ1n) is 10.5. The van der Waals surface area contributed by atoms with E-state index in [1.165, 1.54) is 32.4 Å². The minimum Gasteiger partial charge on any atom is -0.344 e. The molecule has 1 aromatic carbocycles. The van der Waals surface area contributed by atoms with Crippen LogP contribution in [0.4, 0.5) is 5.69 Å². The molecule has 5 nitrogen and oxygen atoms in total. The van der Waals surface area contributed by atoms with E-state index in [2.05, 4.69) is 22.0 Å². The number of thiocarbonyl (C=S) groups is 1. The molecule has 0 saturated carbocycles. The summed E-state index contributed by atoms with van der Waals surface area (Å²) in [4.78, 5) is 19.3. The summed E-state index contributed by atoms with van der Waals surface area (Å²) >= 11 is 17.7. The summed E-state index contributed by atoms with van der Waals surface area (Å²) in [5, 5.41) is 4.84. The number of halogens is 2. The molecule has 2 heterocycles. The van der Waals surface area contributed by atoms with E-state index in [9.17, 15) is 4.79 Å². The summed E-state index contributed by atoms with van der Waals surface area (Å²) in [7, 11) is 0. The van der Waals surface area contributed by atoms with Gasteiger partial charge in [-0.1, -0.05) is 29.6 Å². The lowest BCUT2D eigenvalue weighted by Gasteiger charge is -2.32. The lowest BCUT2D eigenvalue weighted by molar-refractivity contribution is -0.130. The highest BCUT2D eigenvalue weighted by Crippen LogP contribution is 2.25. The highest BCUT2D eigenvalue weighted by Gasteiger charge is 2.27. The number of nitrogens with zero attached hydrogens (tertiary/aromatic N) is 3. The summed E-state index contributed by atoms with van der Waals surface area (Å²) in [6, 6.07) is 5.51. The second-order valence-electron chi connectivity index (χ2n) is 7.95. The van der Waals surface area contributed by atoms with Gasteiger partial charge in [0.05, 0.1) is 10.0 Å². The standard InChI is InChI=1S/C21H30Cl2N4OS/c1-16-15-26(12-5-11-25-9-3-2-4-10-25)20(28)8-13-27(16)21(29)24-17-6-7-18(22)19(23)14-17/h6-7,14,16H,2-5,8-13,15H2,1H3,(H,24,29). The van der Waals surface area contributed by atoms with E-state index < -0.39 is 0 Å². The molecule has 160 valence electrons. The Morgan fingerprint density at radius 1 is 1.14 bits per heavy atom. The Hall–Kier alpha value is -1.08. The second kappa shape index (κ2) is 10.8. The maximum absolute atomic E-state index is 12.6. The van der Waals surface area contributed by atoms with Crippen LogP contribution in [0.2, 0.25) is 10.0 Å². The Balaban J connectivity index is 1.52. The number of nitrogens with one attached hydrogen (secondary N) is 1. The van der Waals surface area contributed by atoms with Crippen LogP contribution >= 0.6 is 35.4 Å². The molecule has 3 rings (SSSR count). The van der Waals surface area contributed by atoms with Crippen molar-refractivity contribution < 1.29 is 4.79 Å². The highest BCUT2D eigenvalue weighted by atomic mass is 35.5. The van der Waals surface area contributed by atoms with E-state index in [0.29, 0.717) is 34.7 Å². The number of anilines is 1. The predicted octanol–water partition coefficient (Wildman–Crippen LogP) is 4.49. The number of carbonyl (C=O) groups excluding carboxylic acids is 1. The summed E-state index contributed by atoms with van der Waals surface area (Å²) in [5.41, 5.74) is 0.797. The van der Waals surface area contributed by atoms with Gasteiger partial charge in [0.1, 0.15) is 0 Å². The molecular weight excluding hydrogens is 427 g/mol. The highest BCUT2D eigenvalue weighted by molar-refractivity contribution is 7.80. The predicted molar refractivity (Wildman–Crippen MR) is 125 cm³/mol. The fourth-order valence-electron chi connectivity index (χ4n) is 4.07. The van der Waals surface area contributed by atoms with Crippen LogP contribution in [0, 0.1) is 0 Å². The number of carbonyl (C=O) groups is 1. The Morgan fingerprint density at radius 2 is 1.90 bits per heavy atom. The summed E-state index contributed by atoms with van der Waals surface area (Å²) in [6.45, 7) is 7.75. The number of benzene rings is 1. The van der Waals surface area contributed by atoms with Crippen LogP contribution in [-0.2, 0) is 4.79 Å². The number of amides is 1. The fraction of sp³-hybridized carbons (Fsp3) is 0.619. The van der Waals surface area contributed by atoms with Crippen LogP contribution in [-0.4, -0.2) is 71.0 Å². The van der Waals surface area contributed by atoms with Crippen LogP contribution in [0.3, 0.4) is 0 Å². The molecule has 1 aromatic rings. The van der Waals surface area contributed by atoms with Crippen molar-refractivity contribution in [2.24, 2.45) is 0 Å². The summed E-state index contributed by atoms with van der Waals surface area (Å²) < 4.78 is 0. The van der Waals surface area contributed by atoms with Gasteiger partial charge in [-0.25, -0.2) is 0 Å². The van der Waals surface area contributed by atoms with E-state index in [1.54, 1.807) is 12.1 Å². The number of rotatable bonds is 5. The second-order valence-corrected chi connectivity index (χ2v) is 9.15. The third-order valence-corrected chi connectivity index (χ3v) is 6.79. The van der Waals surface area contributed by atoms with Crippen LogP contribution in [0.15, 0.2) is 18.2 Å². The van der Waals surface area contributed by atoms with Crippen LogP contribution in [0.5, 0.6) is 0 Å². The van der Waals surface area contributed by atoms with Crippen LogP contribution in [0.1, 0.15) is 39.0 Å². The minimum atomic E-state index is 0.152. The number of hydrogen-bond acceptors (Lipinski definition) is 3. The molecule has 0 bridgehead atoms. The Bertz CT molecular complexity index is 727. The van der Waals surface area contributed by atoms with Crippen molar-refractivity contribution in [2.75, 3.05) is 44.6 Å². The van der Waals surface area contributed by atoms with Gasteiger partial charge >= 0.3 is 0 Å². The molecule has 2 aliphatic heterocycles. The third kappa shape index (κ3) is 6.45. The van der Waals surface area contributed by atoms with E-state index >= 15 is 0 Å². The van der Waals surface area contributed by atoms with Crippen molar-refractivity contribution in [1.82, 2.24) is 14.7 Å². The first-order chi connectivity index (χ1) is 13.9. The van der Waals surface area contributed by atoms with E-state index in [0.717, 1.165) is 25.2 Å². The molecule has 2 aliphatic rings. The van der Waals surface area contributed by atoms with Crippen LogP contribution < -0.4 is 5.32 Å². The fourth-order valence-corrected chi connectivity index (χ4v) is 4.76. The molecule has 29 heavy (non-hydrogen) atoms. The van der Waals surface area contributed by atoms with Gasteiger partial charge in [-0.3, -0.25) is 4.79 Å². The molecule has 0 aliphatic carbocycles. The Kier molecular flexibility index (Phi) is 8.42. The molecule has 8 heteroatoms. The largest absolute Gasteiger partial charge is 0.344 e. The Labute approximate surface area is 189 Å². The lowest BCUT2D eigenvalue weighted by Crippen LogP contribution is -2.45. The van der Waals surface area contributed by atoms with Gasteiger partial charge in [0.25, 0.3) is 0 Å².